The lowest BCUT2D eigenvalue weighted by Crippen LogP contribution is -2.36. The molecule has 1 heterocycles. The number of benzene rings is 3. The lowest BCUT2D eigenvalue weighted by atomic mass is 9.84. The van der Waals surface area contributed by atoms with Crippen LogP contribution in [0, 0.1) is 6.92 Å². The van der Waals surface area contributed by atoms with Crippen molar-refractivity contribution in [2.24, 2.45) is 7.05 Å². The summed E-state index contributed by atoms with van der Waals surface area (Å²) >= 11 is 0. The first kappa shape index (κ1) is 25.8. The fourth-order valence-electron chi connectivity index (χ4n) is 4.15. The maximum atomic E-state index is 12.8. The van der Waals surface area contributed by atoms with Crippen LogP contribution in [0.1, 0.15) is 46.0 Å². The second kappa shape index (κ2) is 10.3. The molecule has 0 aliphatic rings. The zero-order chi connectivity index (χ0) is 26.7. The average Bonchev–Trinajstić information content (AvgIpc) is 3.19. The molecule has 0 saturated carbocycles. The Balaban J connectivity index is 1.39. The lowest BCUT2D eigenvalue weighted by molar-refractivity contribution is 0.0945. The van der Waals surface area contributed by atoms with Crippen LogP contribution in [0.15, 0.2) is 60.7 Å². The predicted octanol–water partition coefficient (Wildman–Crippen LogP) is 4.86. The van der Waals surface area contributed by atoms with E-state index in [9.17, 15) is 9.59 Å². The number of aromatic nitrogens is 2. The number of methoxy groups -OCH3 is 2. The minimum absolute atomic E-state index is 0.142. The minimum Gasteiger partial charge on any atom is -0.493 e. The fraction of sp³-hybridized carbons (Fsp3) is 0.276. The highest BCUT2D eigenvalue weighted by Crippen LogP contribution is 2.28. The number of fused-ring (bicyclic) bond motifs is 1. The van der Waals surface area contributed by atoms with Crippen molar-refractivity contribution in [2.75, 3.05) is 26.1 Å². The summed E-state index contributed by atoms with van der Waals surface area (Å²) in [7, 11) is 5.04. The van der Waals surface area contributed by atoms with Gasteiger partial charge in [-0.1, -0.05) is 26.0 Å². The second-order valence-electron chi connectivity index (χ2n) is 9.59. The third-order valence-electron chi connectivity index (χ3n) is 6.63. The Morgan fingerprint density at radius 3 is 2.22 bits per heavy atom. The molecule has 8 heteroatoms. The van der Waals surface area contributed by atoms with E-state index in [0.29, 0.717) is 34.9 Å². The molecule has 0 aliphatic carbocycles. The molecule has 4 aromatic rings. The van der Waals surface area contributed by atoms with Crippen molar-refractivity contribution in [3.05, 3.63) is 83.2 Å². The zero-order valence-electron chi connectivity index (χ0n) is 22.0. The van der Waals surface area contributed by atoms with Crippen molar-refractivity contribution in [1.82, 2.24) is 14.9 Å². The van der Waals surface area contributed by atoms with Crippen LogP contribution in [0.25, 0.3) is 11.0 Å². The highest BCUT2D eigenvalue weighted by atomic mass is 16.5. The van der Waals surface area contributed by atoms with E-state index in [1.807, 2.05) is 61.0 Å². The predicted molar refractivity (Wildman–Crippen MR) is 145 cm³/mol. The number of anilines is 1. The van der Waals surface area contributed by atoms with Crippen LogP contribution in [0.2, 0.25) is 0 Å². The van der Waals surface area contributed by atoms with E-state index in [4.69, 9.17) is 9.47 Å². The van der Waals surface area contributed by atoms with E-state index in [-0.39, 0.29) is 17.2 Å². The van der Waals surface area contributed by atoms with Crippen LogP contribution >= 0.6 is 0 Å². The highest BCUT2D eigenvalue weighted by Gasteiger charge is 2.22. The molecule has 1 aromatic heterocycles. The molecule has 2 N–H and O–H groups in total. The first-order valence-electron chi connectivity index (χ1n) is 12.0. The largest absolute Gasteiger partial charge is 0.493 e. The number of amides is 2. The number of nitrogens with zero attached hydrogens (tertiary/aromatic N) is 2. The molecule has 3 aromatic carbocycles. The number of carbonyl (C=O) groups is 2. The molecule has 0 unspecified atom stereocenters. The van der Waals surface area contributed by atoms with Crippen molar-refractivity contribution in [2.45, 2.75) is 26.2 Å². The number of rotatable bonds is 8. The molecular formula is C29H32N4O4. The van der Waals surface area contributed by atoms with Gasteiger partial charge in [-0.25, -0.2) is 4.98 Å². The molecule has 0 bridgehead atoms. The molecule has 192 valence electrons. The van der Waals surface area contributed by atoms with Crippen molar-refractivity contribution in [3.8, 4) is 11.5 Å². The third-order valence-corrected chi connectivity index (χ3v) is 6.63. The number of carbonyl (C=O) groups excluding carboxylic acids is 2. The van der Waals surface area contributed by atoms with E-state index < -0.39 is 0 Å². The van der Waals surface area contributed by atoms with Crippen LogP contribution < -0.4 is 20.1 Å². The molecule has 0 aliphatic heterocycles. The SMILES string of the molecule is COc1ccc(C(=O)Nc2ccc(C(C)(C)CNC(=O)c3ccc4c(c3)nc(C)n4C)cc2)cc1OC. The Bertz CT molecular complexity index is 1460. The van der Waals surface area contributed by atoms with E-state index in [1.165, 1.54) is 7.11 Å². The smallest absolute Gasteiger partial charge is 0.255 e. The Morgan fingerprint density at radius 1 is 0.892 bits per heavy atom. The Kier molecular flexibility index (Phi) is 7.20. The second-order valence-corrected chi connectivity index (χ2v) is 9.59. The summed E-state index contributed by atoms with van der Waals surface area (Å²) in [4.78, 5) is 30.1. The monoisotopic (exact) mass is 500 g/mol. The molecule has 0 radical (unpaired) electrons. The Hall–Kier alpha value is -4.33. The number of ether oxygens (including phenoxy) is 2. The van der Waals surface area contributed by atoms with Crippen molar-refractivity contribution in [3.63, 3.8) is 0 Å². The third kappa shape index (κ3) is 5.43. The minimum atomic E-state index is -0.326. The van der Waals surface area contributed by atoms with Crippen LogP contribution in [0.3, 0.4) is 0 Å². The first-order valence-corrected chi connectivity index (χ1v) is 12.0. The molecular weight excluding hydrogens is 468 g/mol. The molecule has 2 amide bonds. The summed E-state index contributed by atoms with van der Waals surface area (Å²) in [5.74, 6) is 1.56. The van der Waals surface area contributed by atoms with Gasteiger partial charge in [0.25, 0.3) is 11.8 Å². The van der Waals surface area contributed by atoms with Crippen LogP contribution in [0.5, 0.6) is 11.5 Å². The maximum absolute atomic E-state index is 12.8. The van der Waals surface area contributed by atoms with Crippen LogP contribution in [-0.4, -0.2) is 42.1 Å². The van der Waals surface area contributed by atoms with Gasteiger partial charge >= 0.3 is 0 Å². The van der Waals surface area contributed by atoms with E-state index >= 15 is 0 Å². The molecule has 0 atom stereocenters. The van der Waals surface area contributed by atoms with Gasteiger partial charge in [-0.2, -0.15) is 0 Å². The summed E-state index contributed by atoms with van der Waals surface area (Å²) < 4.78 is 12.5. The van der Waals surface area contributed by atoms with Gasteiger partial charge in [0.1, 0.15) is 5.82 Å². The molecule has 37 heavy (non-hydrogen) atoms. The van der Waals surface area contributed by atoms with Gasteiger partial charge < -0.3 is 24.7 Å². The number of nitrogens with one attached hydrogen (secondary N) is 2. The van der Waals surface area contributed by atoms with Gasteiger partial charge in [-0.05, 0) is 61.0 Å². The summed E-state index contributed by atoms with van der Waals surface area (Å²) in [6.07, 6.45) is 0. The van der Waals surface area contributed by atoms with E-state index in [0.717, 1.165) is 22.4 Å². The Morgan fingerprint density at radius 2 is 1.54 bits per heavy atom. The number of hydrogen-bond acceptors (Lipinski definition) is 5. The molecule has 4 rings (SSSR count). The lowest BCUT2D eigenvalue weighted by Gasteiger charge is -2.26. The van der Waals surface area contributed by atoms with Gasteiger partial charge in [-0.3, -0.25) is 9.59 Å². The van der Waals surface area contributed by atoms with Crippen molar-refractivity contribution >= 4 is 28.5 Å². The number of aryl methyl sites for hydroxylation is 2. The number of hydrogen-bond donors (Lipinski definition) is 2. The van der Waals surface area contributed by atoms with Gasteiger partial charge in [0.15, 0.2) is 11.5 Å². The van der Waals surface area contributed by atoms with Crippen molar-refractivity contribution in [1.29, 1.82) is 0 Å². The normalized spacial score (nSPS) is 11.3. The van der Waals surface area contributed by atoms with Crippen molar-refractivity contribution < 1.29 is 19.1 Å². The summed E-state index contributed by atoms with van der Waals surface area (Å²) in [6.45, 7) is 6.52. The molecule has 0 saturated heterocycles. The highest BCUT2D eigenvalue weighted by molar-refractivity contribution is 6.04. The summed E-state index contributed by atoms with van der Waals surface area (Å²) in [5.41, 5.74) is 4.21. The van der Waals surface area contributed by atoms with E-state index in [1.54, 1.807) is 25.3 Å². The molecule has 0 spiro atoms. The summed E-state index contributed by atoms with van der Waals surface area (Å²) in [6, 6.07) is 18.2. The van der Waals surface area contributed by atoms with E-state index in [2.05, 4.69) is 29.5 Å². The van der Waals surface area contributed by atoms with Gasteiger partial charge in [0.2, 0.25) is 0 Å². The first-order chi connectivity index (χ1) is 17.6. The summed E-state index contributed by atoms with van der Waals surface area (Å²) in [5, 5.41) is 5.95. The molecule has 0 fully saturated rings. The van der Waals surface area contributed by atoms with Gasteiger partial charge in [-0.15, -0.1) is 0 Å². The number of imidazole rings is 1. The van der Waals surface area contributed by atoms with Gasteiger partial charge in [0, 0.05) is 35.8 Å². The zero-order valence-corrected chi connectivity index (χ0v) is 22.0. The maximum Gasteiger partial charge on any atom is 0.255 e. The van der Waals surface area contributed by atoms with Crippen LogP contribution in [-0.2, 0) is 12.5 Å². The fourth-order valence-corrected chi connectivity index (χ4v) is 4.15. The van der Waals surface area contributed by atoms with Crippen LogP contribution in [0.4, 0.5) is 5.69 Å². The Labute approximate surface area is 216 Å². The standard InChI is InChI=1S/C29H32N4O4/c1-18-31-23-15-19(7-13-24(23)33(18)4)27(34)30-17-29(2,3)21-9-11-22(12-10-21)32-28(35)20-8-14-25(36-5)26(16-20)37-6/h7-16H,17H2,1-6H3,(H,30,34)(H,32,35). The average molecular weight is 501 g/mol. The molecule has 8 nitrogen and oxygen atoms in total. The topological polar surface area (TPSA) is 94.5 Å². The quantitative estimate of drug-likeness (QED) is 0.360. The van der Waals surface area contributed by atoms with Gasteiger partial charge in [0.05, 0.1) is 25.3 Å².